The number of fused-ring (bicyclic) bond motifs is 1. The number of hydrogen-bond donors (Lipinski definition) is 3. The van der Waals surface area contributed by atoms with Crippen molar-refractivity contribution in [2.45, 2.75) is 30.6 Å². The van der Waals surface area contributed by atoms with Gasteiger partial charge in [0.1, 0.15) is 12.4 Å². The Hall–Kier alpha value is -3.54. The molecule has 1 atom stereocenters. The maximum atomic E-state index is 12.9. The van der Waals surface area contributed by atoms with Crippen molar-refractivity contribution >= 4 is 21.8 Å². The van der Waals surface area contributed by atoms with Crippen molar-refractivity contribution < 1.29 is 32.3 Å². The van der Waals surface area contributed by atoms with Crippen LogP contribution < -0.4 is 4.74 Å². The summed E-state index contributed by atoms with van der Waals surface area (Å²) >= 11 is 0. The molecule has 4 rings (SSSR count). The van der Waals surface area contributed by atoms with Crippen molar-refractivity contribution in [2.75, 3.05) is 6.61 Å². The van der Waals surface area contributed by atoms with E-state index >= 15 is 0 Å². The molecule has 4 aromatic rings. The first-order chi connectivity index (χ1) is 15.6. The Morgan fingerprint density at radius 3 is 2.58 bits per heavy atom. The highest BCUT2D eigenvalue weighted by Crippen LogP contribution is 2.31. The molecule has 174 valence electrons. The van der Waals surface area contributed by atoms with Crippen LogP contribution in [0.15, 0.2) is 47.8 Å². The SMILES string of the molecule is Cc1c(OCCn2c(O)ccc2O)ccnc1CS(=O)c1nc2ccc(C(F)(F)F)cc2[nH]1. The lowest BCUT2D eigenvalue weighted by atomic mass is 10.2. The molecule has 33 heavy (non-hydrogen) atoms. The van der Waals surface area contributed by atoms with Gasteiger partial charge in [-0.1, -0.05) is 0 Å². The number of nitrogens with one attached hydrogen (secondary N) is 1. The molecule has 0 aliphatic carbocycles. The van der Waals surface area contributed by atoms with Gasteiger partial charge in [-0.3, -0.25) is 13.8 Å². The summed E-state index contributed by atoms with van der Waals surface area (Å²) in [5.74, 6) is 0.287. The smallest absolute Gasteiger partial charge is 0.416 e. The Balaban J connectivity index is 1.47. The van der Waals surface area contributed by atoms with Gasteiger partial charge in [0.05, 0.1) is 45.4 Å². The Morgan fingerprint density at radius 2 is 1.88 bits per heavy atom. The summed E-state index contributed by atoms with van der Waals surface area (Å²) in [6.07, 6.45) is -2.99. The Morgan fingerprint density at radius 1 is 1.15 bits per heavy atom. The highest BCUT2D eigenvalue weighted by atomic mass is 32.2. The van der Waals surface area contributed by atoms with Gasteiger partial charge >= 0.3 is 6.18 Å². The maximum Gasteiger partial charge on any atom is 0.416 e. The van der Waals surface area contributed by atoms with Crippen LogP contribution in [-0.4, -0.2) is 40.5 Å². The fourth-order valence-corrected chi connectivity index (χ4v) is 4.35. The zero-order chi connectivity index (χ0) is 23.8. The van der Waals surface area contributed by atoms with Crippen LogP contribution in [0.3, 0.4) is 0 Å². The number of aromatic amines is 1. The summed E-state index contributed by atoms with van der Waals surface area (Å²) in [7, 11) is -1.69. The van der Waals surface area contributed by atoms with Gasteiger partial charge in [0, 0.05) is 23.9 Å². The van der Waals surface area contributed by atoms with Gasteiger partial charge < -0.3 is 19.9 Å². The third-order valence-electron chi connectivity index (χ3n) is 5.04. The standard InChI is InChI=1S/C21H19F3N4O4S/c1-12-16(25-7-6-17(12)32-9-8-28-18(29)4-5-19(28)30)11-33(31)20-26-14-3-2-13(21(22,23)24)10-15(14)27-20/h2-7,10,29-30H,8-9,11H2,1H3,(H,26,27). The lowest BCUT2D eigenvalue weighted by molar-refractivity contribution is -0.137. The largest absolute Gasteiger partial charge is 0.494 e. The predicted molar refractivity (Wildman–Crippen MR) is 113 cm³/mol. The topological polar surface area (TPSA) is 113 Å². The minimum absolute atomic E-state index is 0.0197. The maximum absolute atomic E-state index is 12.9. The second-order valence-corrected chi connectivity index (χ2v) is 8.56. The lowest BCUT2D eigenvalue weighted by Crippen LogP contribution is -2.09. The predicted octanol–water partition coefficient (Wildman–Crippen LogP) is 3.88. The molecule has 12 heteroatoms. The number of rotatable bonds is 7. The first kappa shape index (κ1) is 22.6. The van der Waals surface area contributed by atoms with Gasteiger partial charge in [-0.05, 0) is 31.2 Å². The molecule has 0 saturated carbocycles. The molecule has 0 amide bonds. The highest BCUT2D eigenvalue weighted by Gasteiger charge is 2.31. The summed E-state index contributed by atoms with van der Waals surface area (Å²) in [4.78, 5) is 11.1. The second-order valence-electron chi connectivity index (χ2n) is 7.19. The number of halogens is 3. The quantitative estimate of drug-likeness (QED) is 0.370. The van der Waals surface area contributed by atoms with Crippen LogP contribution in [0.5, 0.6) is 17.5 Å². The number of pyridine rings is 1. The van der Waals surface area contributed by atoms with Crippen molar-refractivity contribution in [3.63, 3.8) is 0 Å². The summed E-state index contributed by atoms with van der Waals surface area (Å²) in [5.41, 5.74) is 0.729. The Kier molecular flexibility index (Phi) is 6.02. The van der Waals surface area contributed by atoms with E-state index in [1.165, 1.54) is 29.0 Å². The summed E-state index contributed by atoms with van der Waals surface area (Å²) < 4.78 is 58.6. The van der Waals surface area contributed by atoms with E-state index < -0.39 is 22.5 Å². The van der Waals surface area contributed by atoms with Gasteiger partial charge in [0.25, 0.3) is 0 Å². The lowest BCUT2D eigenvalue weighted by Gasteiger charge is -2.13. The van der Waals surface area contributed by atoms with E-state index in [1.807, 2.05) is 0 Å². The van der Waals surface area contributed by atoms with Gasteiger partial charge in [-0.15, -0.1) is 0 Å². The van der Waals surface area contributed by atoms with Gasteiger partial charge in [-0.2, -0.15) is 13.2 Å². The first-order valence-electron chi connectivity index (χ1n) is 9.73. The van der Waals surface area contributed by atoms with Crippen LogP contribution in [0.1, 0.15) is 16.8 Å². The summed E-state index contributed by atoms with van der Waals surface area (Å²) in [6.45, 7) is 2.09. The van der Waals surface area contributed by atoms with E-state index in [4.69, 9.17) is 4.74 Å². The number of H-pyrrole nitrogens is 1. The fraction of sp³-hybridized carbons (Fsp3) is 0.238. The zero-order valence-electron chi connectivity index (χ0n) is 17.3. The number of ether oxygens (including phenoxy) is 1. The van der Waals surface area contributed by atoms with E-state index in [9.17, 15) is 27.6 Å². The highest BCUT2D eigenvalue weighted by molar-refractivity contribution is 7.84. The molecule has 3 N–H and O–H groups in total. The first-order valence-corrected chi connectivity index (χ1v) is 11.1. The number of hydrogen-bond acceptors (Lipinski definition) is 6. The monoisotopic (exact) mass is 480 g/mol. The molecule has 1 unspecified atom stereocenters. The minimum atomic E-state index is -4.49. The van der Waals surface area contributed by atoms with E-state index in [0.29, 0.717) is 17.0 Å². The van der Waals surface area contributed by atoms with Crippen molar-refractivity contribution in [1.82, 2.24) is 19.5 Å². The van der Waals surface area contributed by atoms with E-state index in [2.05, 4.69) is 15.0 Å². The van der Waals surface area contributed by atoms with Crippen molar-refractivity contribution in [3.8, 4) is 17.5 Å². The number of imidazole rings is 1. The van der Waals surface area contributed by atoms with E-state index in [0.717, 1.165) is 12.1 Å². The van der Waals surface area contributed by atoms with Crippen LogP contribution in [0.4, 0.5) is 13.2 Å². The Labute approximate surface area is 188 Å². The average Bonchev–Trinajstić information content (AvgIpc) is 3.33. The van der Waals surface area contributed by atoms with Crippen molar-refractivity contribution in [3.05, 3.63) is 59.4 Å². The van der Waals surface area contributed by atoms with Gasteiger partial charge in [0.2, 0.25) is 0 Å². The molecular weight excluding hydrogens is 461 g/mol. The van der Waals surface area contributed by atoms with Gasteiger partial charge in [0.15, 0.2) is 16.9 Å². The Bertz CT molecular complexity index is 1310. The van der Waals surface area contributed by atoms with E-state index in [1.54, 1.807) is 13.0 Å². The second kappa shape index (κ2) is 8.77. The average molecular weight is 480 g/mol. The van der Waals surface area contributed by atoms with Crippen LogP contribution in [-0.2, 0) is 29.3 Å². The summed E-state index contributed by atoms with van der Waals surface area (Å²) in [5, 5.41) is 19.4. The molecule has 1 aromatic carbocycles. The molecule has 0 aliphatic heterocycles. The normalized spacial score (nSPS) is 12.8. The summed E-state index contributed by atoms with van der Waals surface area (Å²) in [6, 6.07) is 7.45. The van der Waals surface area contributed by atoms with Crippen LogP contribution in [0.25, 0.3) is 11.0 Å². The van der Waals surface area contributed by atoms with Crippen molar-refractivity contribution in [1.29, 1.82) is 0 Å². The minimum Gasteiger partial charge on any atom is -0.494 e. The van der Waals surface area contributed by atoms with Crippen molar-refractivity contribution in [2.24, 2.45) is 0 Å². The molecule has 3 heterocycles. The van der Waals surface area contributed by atoms with Crippen LogP contribution in [0.2, 0.25) is 0 Å². The molecule has 0 fully saturated rings. The third kappa shape index (κ3) is 4.80. The molecule has 0 radical (unpaired) electrons. The number of aromatic nitrogens is 4. The van der Waals surface area contributed by atoms with Gasteiger partial charge in [-0.25, -0.2) is 4.98 Å². The number of alkyl halides is 3. The zero-order valence-corrected chi connectivity index (χ0v) is 18.1. The van der Waals surface area contributed by atoms with E-state index in [-0.39, 0.29) is 46.9 Å². The molecule has 0 aliphatic rings. The molecule has 8 nitrogen and oxygen atoms in total. The molecule has 0 bridgehead atoms. The molecular formula is C21H19F3N4O4S. The molecule has 0 saturated heterocycles. The molecule has 3 aromatic heterocycles. The van der Waals surface area contributed by atoms with Crippen LogP contribution >= 0.6 is 0 Å². The number of nitrogens with zero attached hydrogens (tertiary/aromatic N) is 3. The number of benzene rings is 1. The third-order valence-corrected chi connectivity index (χ3v) is 6.20. The molecule has 0 spiro atoms. The number of aromatic hydroxyl groups is 2. The fourth-order valence-electron chi connectivity index (χ4n) is 3.25. The van der Waals surface area contributed by atoms with Crippen LogP contribution in [0, 0.1) is 6.92 Å².